The minimum atomic E-state index is -4.91. The van der Waals surface area contributed by atoms with Crippen LogP contribution in [0.5, 0.6) is 5.75 Å². The number of nitrogens with one attached hydrogen (secondary N) is 1. The Hall–Kier alpha value is -2.78. The van der Waals surface area contributed by atoms with E-state index in [1.165, 1.54) is 4.90 Å². The SMILES string of the molecule is Nc1cc(OC(F)(F)F)cc2c1CN(C1CCC(=O)NC1=O)C2=O. The minimum absolute atomic E-state index is 0.0153. The van der Waals surface area contributed by atoms with E-state index in [9.17, 15) is 27.6 Å². The lowest BCUT2D eigenvalue weighted by atomic mass is 10.0. The molecule has 0 bridgehead atoms. The molecular formula is C14H12F3N3O4. The molecule has 2 aliphatic heterocycles. The van der Waals surface area contributed by atoms with Gasteiger partial charge in [0.1, 0.15) is 11.8 Å². The average molecular weight is 343 g/mol. The molecule has 1 aromatic rings. The van der Waals surface area contributed by atoms with Crippen molar-refractivity contribution < 1.29 is 32.3 Å². The summed E-state index contributed by atoms with van der Waals surface area (Å²) in [4.78, 5) is 36.7. The second kappa shape index (κ2) is 5.39. The van der Waals surface area contributed by atoms with Crippen LogP contribution in [0.2, 0.25) is 0 Å². The number of anilines is 1. The molecular weight excluding hydrogens is 331 g/mol. The Morgan fingerprint density at radius 1 is 1.25 bits per heavy atom. The van der Waals surface area contributed by atoms with Crippen molar-refractivity contribution in [3.63, 3.8) is 0 Å². The fourth-order valence-electron chi connectivity index (χ4n) is 2.85. The van der Waals surface area contributed by atoms with E-state index in [1.807, 2.05) is 0 Å². The number of halogens is 3. The molecule has 0 spiro atoms. The number of nitrogens with two attached hydrogens (primary N) is 1. The summed E-state index contributed by atoms with van der Waals surface area (Å²) in [7, 11) is 0. The number of hydrogen-bond acceptors (Lipinski definition) is 5. The molecule has 2 aliphatic rings. The Morgan fingerprint density at radius 3 is 2.58 bits per heavy atom. The van der Waals surface area contributed by atoms with Gasteiger partial charge in [-0.25, -0.2) is 0 Å². The zero-order valence-corrected chi connectivity index (χ0v) is 12.1. The Bertz CT molecular complexity index is 748. The van der Waals surface area contributed by atoms with Crippen molar-refractivity contribution in [3.8, 4) is 5.75 Å². The summed E-state index contributed by atoms with van der Waals surface area (Å²) in [5, 5.41) is 2.13. The van der Waals surface area contributed by atoms with Gasteiger partial charge in [-0.05, 0) is 12.5 Å². The Morgan fingerprint density at radius 2 is 1.96 bits per heavy atom. The van der Waals surface area contributed by atoms with Crippen LogP contribution in [0, 0.1) is 0 Å². The first-order valence-corrected chi connectivity index (χ1v) is 6.98. The summed E-state index contributed by atoms with van der Waals surface area (Å²) < 4.78 is 40.8. The van der Waals surface area contributed by atoms with Gasteiger partial charge in [0.05, 0.1) is 5.56 Å². The maximum Gasteiger partial charge on any atom is 0.573 e. The molecule has 1 unspecified atom stereocenters. The molecule has 128 valence electrons. The van der Waals surface area contributed by atoms with Crippen molar-refractivity contribution in [2.75, 3.05) is 5.73 Å². The van der Waals surface area contributed by atoms with E-state index < -0.39 is 35.9 Å². The molecule has 1 aromatic carbocycles. The number of imide groups is 1. The van der Waals surface area contributed by atoms with Gasteiger partial charge in [-0.1, -0.05) is 0 Å². The van der Waals surface area contributed by atoms with Gasteiger partial charge in [0.2, 0.25) is 11.8 Å². The monoisotopic (exact) mass is 343 g/mol. The van der Waals surface area contributed by atoms with Gasteiger partial charge in [0.15, 0.2) is 0 Å². The van der Waals surface area contributed by atoms with Crippen molar-refractivity contribution in [1.29, 1.82) is 0 Å². The Labute approximate surface area is 133 Å². The number of nitrogens with zero attached hydrogens (tertiary/aromatic N) is 1. The third kappa shape index (κ3) is 2.86. The van der Waals surface area contributed by atoms with Crippen LogP contribution in [0.3, 0.4) is 0 Å². The lowest BCUT2D eigenvalue weighted by molar-refractivity contribution is -0.274. The number of carbonyl (C=O) groups is 3. The third-order valence-corrected chi connectivity index (χ3v) is 3.90. The van der Waals surface area contributed by atoms with E-state index in [-0.39, 0.29) is 30.6 Å². The highest BCUT2D eigenvalue weighted by atomic mass is 19.4. The van der Waals surface area contributed by atoms with Gasteiger partial charge in [-0.3, -0.25) is 19.7 Å². The van der Waals surface area contributed by atoms with Crippen molar-refractivity contribution in [3.05, 3.63) is 23.3 Å². The van der Waals surface area contributed by atoms with E-state index in [4.69, 9.17) is 5.73 Å². The van der Waals surface area contributed by atoms with Gasteiger partial charge < -0.3 is 15.4 Å². The molecule has 1 fully saturated rings. The Kier molecular flexibility index (Phi) is 3.61. The fourth-order valence-corrected chi connectivity index (χ4v) is 2.85. The predicted octanol–water partition coefficient (Wildman–Crippen LogP) is 0.928. The average Bonchev–Trinajstić information content (AvgIpc) is 2.75. The molecule has 0 aliphatic carbocycles. The van der Waals surface area contributed by atoms with Gasteiger partial charge in [0.25, 0.3) is 5.91 Å². The lowest BCUT2D eigenvalue weighted by Gasteiger charge is -2.29. The largest absolute Gasteiger partial charge is 0.573 e. The number of rotatable bonds is 2. The molecule has 1 saturated heterocycles. The zero-order chi connectivity index (χ0) is 17.6. The predicted molar refractivity (Wildman–Crippen MR) is 73.6 cm³/mol. The van der Waals surface area contributed by atoms with Crippen molar-refractivity contribution in [2.45, 2.75) is 31.8 Å². The van der Waals surface area contributed by atoms with Crippen molar-refractivity contribution >= 4 is 23.4 Å². The highest BCUT2D eigenvalue weighted by Crippen LogP contribution is 2.35. The molecule has 3 rings (SSSR count). The molecule has 0 radical (unpaired) electrons. The third-order valence-electron chi connectivity index (χ3n) is 3.90. The number of nitrogen functional groups attached to an aromatic ring is 1. The van der Waals surface area contributed by atoms with E-state index in [0.29, 0.717) is 5.56 Å². The summed E-state index contributed by atoms with van der Waals surface area (Å²) in [6, 6.07) is 1.06. The number of amides is 3. The molecule has 1 atom stereocenters. The molecule has 2 heterocycles. The van der Waals surface area contributed by atoms with Crippen molar-refractivity contribution in [2.24, 2.45) is 0 Å². The number of benzene rings is 1. The van der Waals surface area contributed by atoms with E-state index in [2.05, 4.69) is 10.1 Å². The maximum atomic E-state index is 12.5. The van der Waals surface area contributed by atoms with E-state index >= 15 is 0 Å². The van der Waals surface area contributed by atoms with Crippen LogP contribution < -0.4 is 15.8 Å². The van der Waals surface area contributed by atoms with Crippen LogP contribution >= 0.6 is 0 Å². The van der Waals surface area contributed by atoms with Crippen molar-refractivity contribution in [1.82, 2.24) is 10.2 Å². The first-order chi connectivity index (χ1) is 11.2. The first kappa shape index (κ1) is 16.1. The summed E-state index contributed by atoms with van der Waals surface area (Å²) in [5.74, 6) is -2.27. The summed E-state index contributed by atoms with van der Waals surface area (Å²) in [6.45, 7) is -0.0153. The lowest BCUT2D eigenvalue weighted by Crippen LogP contribution is -2.52. The normalized spacial score (nSPS) is 20.9. The number of hydrogen-bond donors (Lipinski definition) is 2. The highest BCUT2D eigenvalue weighted by Gasteiger charge is 2.40. The van der Waals surface area contributed by atoms with Crippen LogP contribution in [0.4, 0.5) is 18.9 Å². The number of piperidine rings is 1. The van der Waals surface area contributed by atoms with Crippen LogP contribution in [-0.4, -0.2) is 35.0 Å². The Balaban J connectivity index is 1.89. The van der Waals surface area contributed by atoms with Gasteiger partial charge >= 0.3 is 6.36 Å². The van der Waals surface area contributed by atoms with Crippen LogP contribution in [0.25, 0.3) is 0 Å². The molecule has 3 amide bonds. The minimum Gasteiger partial charge on any atom is -0.406 e. The second-order valence-corrected chi connectivity index (χ2v) is 5.49. The van der Waals surface area contributed by atoms with Gasteiger partial charge in [-0.15, -0.1) is 13.2 Å². The molecule has 7 nitrogen and oxygen atoms in total. The summed E-state index contributed by atoms with van der Waals surface area (Å²) in [5.41, 5.74) is 5.98. The van der Waals surface area contributed by atoms with E-state index in [1.54, 1.807) is 0 Å². The molecule has 0 saturated carbocycles. The fraction of sp³-hybridized carbons (Fsp3) is 0.357. The summed E-state index contributed by atoms with van der Waals surface area (Å²) >= 11 is 0. The smallest absolute Gasteiger partial charge is 0.406 e. The van der Waals surface area contributed by atoms with E-state index in [0.717, 1.165) is 12.1 Å². The standard InChI is InChI=1S/C14H12F3N3O4/c15-14(16,17)24-6-3-7-8(9(18)4-6)5-20(13(7)23)10-1-2-11(21)19-12(10)22/h3-4,10H,1-2,5,18H2,(H,19,21,22). The highest BCUT2D eigenvalue weighted by molar-refractivity contribution is 6.06. The quantitative estimate of drug-likeness (QED) is 0.614. The molecule has 0 aromatic heterocycles. The molecule has 24 heavy (non-hydrogen) atoms. The van der Waals surface area contributed by atoms with Gasteiger partial charge in [-0.2, -0.15) is 0 Å². The second-order valence-electron chi connectivity index (χ2n) is 5.49. The number of fused-ring (bicyclic) bond motifs is 1. The number of ether oxygens (including phenoxy) is 1. The molecule has 10 heteroatoms. The number of alkyl halides is 3. The van der Waals surface area contributed by atoms with Crippen LogP contribution in [0.1, 0.15) is 28.8 Å². The maximum absolute atomic E-state index is 12.5. The number of carbonyl (C=O) groups excluding carboxylic acids is 3. The van der Waals surface area contributed by atoms with Crippen LogP contribution in [0.15, 0.2) is 12.1 Å². The molecule has 3 N–H and O–H groups in total. The summed E-state index contributed by atoms with van der Waals surface area (Å²) in [6.07, 6.45) is -4.68. The first-order valence-electron chi connectivity index (χ1n) is 6.98. The van der Waals surface area contributed by atoms with Crippen LogP contribution in [-0.2, 0) is 16.1 Å². The van der Waals surface area contributed by atoms with Gasteiger partial charge in [0, 0.05) is 30.3 Å². The topological polar surface area (TPSA) is 102 Å². The zero-order valence-electron chi connectivity index (χ0n) is 12.1.